The first-order valence-corrected chi connectivity index (χ1v) is 11.6. The lowest BCUT2D eigenvalue weighted by Gasteiger charge is -2.19. The maximum Gasteiger partial charge on any atom is 0.516 e. The lowest BCUT2D eigenvalue weighted by Crippen LogP contribution is -2.44. The zero-order valence-electron chi connectivity index (χ0n) is 20.9. The van der Waals surface area contributed by atoms with E-state index < -0.39 is 41.9 Å². The van der Waals surface area contributed by atoms with Crippen LogP contribution in [0.1, 0.15) is 52.5 Å². The third-order valence-corrected chi connectivity index (χ3v) is 4.62. The summed E-state index contributed by atoms with van der Waals surface area (Å²) in [5, 5.41) is 5.16. The molecule has 1 aliphatic rings. The fourth-order valence-corrected chi connectivity index (χ4v) is 2.85. The molecule has 0 saturated carbocycles. The summed E-state index contributed by atoms with van der Waals surface area (Å²) in [6, 6.07) is 5.74. The van der Waals surface area contributed by atoms with Crippen molar-refractivity contribution in [3.05, 3.63) is 35.9 Å². The molecule has 12 heteroatoms. The SMILES string of the molecule is CCCCOC(=O)OC(=O)C(N)CNC(=O)C[C@@H]1C=C(c2ccc(NC(=O)OC(C)(C)C)cc2)NO1. The smallest absolute Gasteiger partial charge is 0.444 e. The van der Waals surface area contributed by atoms with E-state index in [0.29, 0.717) is 17.8 Å². The molecule has 0 aliphatic carbocycles. The average Bonchev–Trinajstić information content (AvgIpc) is 3.25. The molecule has 0 radical (unpaired) electrons. The van der Waals surface area contributed by atoms with E-state index >= 15 is 0 Å². The minimum absolute atomic E-state index is 0.0321. The van der Waals surface area contributed by atoms with Gasteiger partial charge >= 0.3 is 18.2 Å². The van der Waals surface area contributed by atoms with Gasteiger partial charge in [0.15, 0.2) is 0 Å². The number of anilines is 1. The highest BCUT2D eigenvalue weighted by atomic mass is 16.7. The van der Waals surface area contributed by atoms with Gasteiger partial charge in [-0.25, -0.2) is 14.4 Å². The highest BCUT2D eigenvalue weighted by Crippen LogP contribution is 2.22. The van der Waals surface area contributed by atoms with Gasteiger partial charge in [0.2, 0.25) is 5.91 Å². The zero-order chi connectivity index (χ0) is 26.7. The number of amides is 2. The molecular weight excluding hydrogens is 472 g/mol. The third kappa shape index (κ3) is 10.3. The molecule has 2 atom stereocenters. The van der Waals surface area contributed by atoms with E-state index in [2.05, 4.69) is 20.9 Å². The molecule has 1 unspecified atom stereocenters. The summed E-state index contributed by atoms with van der Waals surface area (Å²) in [6.07, 6.45) is 0.942. The van der Waals surface area contributed by atoms with Gasteiger partial charge in [-0.1, -0.05) is 25.5 Å². The third-order valence-electron chi connectivity index (χ3n) is 4.62. The summed E-state index contributed by atoms with van der Waals surface area (Å²) < 4.78 is 14.4. The largest absolute Gasteiger partial charge is 0.516 e. The van der Waals surface area contributed by atoms with Crippen molar-refractivity contribution >= 4 is 35.5 Å². The number of nitrogens with one attached hydrogen (secondary N) is 3. The quantitative estimate of drug-likeness (QED) is 0.210. The molecule has 2 amide bonds. The molecule has 1 aromatic rings. The van der Waals surface area contributed by atoms with Crippen molar-refractivity contribution in [3.63, 3.8) is 0 Å². The molecule has 1 aromatic carbocycles. The Hall–Kier alpha value is -3.64. The second kappa shape index (κ2) is 13.4. The van der Waals surface area contributed by atoms with Gasteiger partial charge in [-0.15, -0.1) is 0 Å². The Morgan fingerprint density at radius 2 is 1.86 bits per heavy atom. The first kappa shape index (κ1) is 28.6. The maximum absolute atomic E-state index is 12.2. The first-order valence-electron chi connectivity index (χ1n) is 11.6. The van der Waals surface area contributed by atoms with E-state index in [9.17, 15) is 19.2 Å². The van der Waals surface area contributed by atoms with E-state index in [0.717, 1.165) is 12.0 Å². The van der Waals surface area contributed by atoms with Gasteiger partial charge in [0.25, 0.3) is 0 Å². The lowest BCUT2D eigenvalue weighted by molar-refractivity contribution is -0.141. The molecule has 0 saturated heterocycles. The van der Waals surface area contributed by atoms with Crippen LogP contribution < -0.4 is 21.8 Å². The molecule has 12 nitrogen and oxygen atoms in total. The minimum Gasteiger partial charge on any atom is -0.444 e. The number of hydroxylamine groups is 1. The molecule has 198 valence electrons. The number of unbranched alkanes of at least 4 members (excludes halogenated alkanes) is 1. The Balaban J connectivity index is 1.77. The Kier molecular flexibility index (Phi) is 10.7. The highest BCUT2D eigenvalue weighted by molar-refractivity contribution is 5.86. The van der Waals surface area contributed by atoms with Crippen molar-refractivity contribution in [2.75, 3.05) is 18.5 Å². The van der Waals surface area contributed by atoms with Crippen LogP contribution in [0, 0.1) is 0 Å². The Morgan fingerprint density at radius 3 is 2.50 bits per heavy atom. The molecule has 5 N–H and O–H groups in total. The molecule has 0 spiro atoms. The van der Waals surface area contributed by atoms with Crippen LogP contribution in [-0.4, -0.2) is 55.0 Å². The van der Waals surface area contributed by atoms with Crippen LogP contribution in [0.3, 0.4) is 0 Å². The Labute approximate surface area is 209 Å². The van der Waals surface area contributed by atoms with Gasteiger partial charge in [-0.05, 0) is 51.0 Å². The topological polar surface area (TPSA) is 167 Å². The van der Waals surface area contributed by atoms with Crippen LogP contribution in [0.25, 0.3) is 5.70 Å². The second-order valence-electron chi connectivity index (χ2n) is 9.03. The summed E-state index contributed by atoms with van der Waals surface area (Å²) in [5.74, 6) is -1.41. The Bertz CT molecular complexity index is 956. The molecule has 1 aliphatic heterocycles. The number of hydrogen-bond acceptors (Lipinski definition) is 10. The maximum atomic E-state index is 12.2. The van der Waals surface area contributed by atoms with Gasteiger partial charge in [0.1, 0.15) is 17.7 Å². The summed E-state index contributed by atoms with van der Waals surface area (Å²) >= 11 is 0. The van der Waals surface area contributed by atoms with Crippen molar-refractivity contribution < 1.29 is 38.2 Å². The number of rotatable bonds is 10. The number of carbonyl (C=O) groups excluding carboxylic acids is 4. The van der Waals surface area contributed by atoms with Crippen LogP contribution in [0.2, 0.25) is 0 Å². The standard InChI is InChI=1S/C24H34N4O8/c1-5-6-11-33-23(32)34-21(30)18(25)14-26-20(29)13-17-12-19(28-36-17)15-7-9-16(10-8-15)27-22(31)35-24(2,3)4/h7-10,12,17-18,28H,5-6,11,13-14,25H2,1-4H3,(H,26,29)(H,27,31)/t17-,18?/m0/s1. The summed E-state index contributed by atoms with van der Waals surface area (Å²) in [7, 11) is 0. The molecule has 0 bridgehead atoms. The zero-order valence-corrected chi connectivity index (χ0v) is 20.9. The number of carbonyl (C=O) groups is 4. The fraction of sp³-hybridized carbons (Fsp3) is 0.500. The van der Waals surface area contributed by atoms with E-state index in [1.54, 1.807) is 51.1 Å². The normalized spacial score (nSPS) is 15.7. The number of benzene rings is 1. The average molecular weight is 507 g/mol. The van der Waals surface area contributed by atoms with Crippen molar-refractivity contribution in [1.29, 1.82) is 0 Å². The van der Waals surface area contributed by atoms with Crippen molar-refractivity contribution in [2.24, 2.45) is 5.73 Å². The van der Waals surface area contributed by atoms with E-state index in [1.165, 1.54) is 0 Å². The number of ether oxygens (including phenoxy) is 3. The lowest BCUT2D eigenvalue weighted by atomic mass is 10.1. The van der Waals surface area contributed by atoms with Gasteiger partial charge in [0, 0.05) is 12.2 Å². The van der Waals surface area contributed by atoms with Gasteiger partial charge in [0.05, 0.1) is 18.7 Å². The van der Waals surface area contributed by atoms with Crippen molar-refractivity contribution in [2.45, 2.75) is 64.7 Å². The van der Waals surface area contributed by atoms with E-state index in [4.69, 9.17) is 20.0 Å². The first-order chi connectivity index (χ1) is 17.0. The highest BCUT2D eigenvalue weighted by Gasteiger charge is 2.24. The van der Waals surface area contributed by atoms with Crippen LogP contribution in [0.5, 0.6) is 0 Å². The molecule has 0 fully saturated rings. The number of hydrogen-bond donors (Lipinski definition) is 4. The van der Waals surface area contributed by atoms with Crippen LogP contribution in [-0.2, 0) is 28.6 Å². The van der Waals surface area contributed by atoms with Crippen molar-refractivity contribution in [3.8, 4) is 0 Å². The fourth-order valence-electron chi connectivity index (χ4n) is 2.85. The molecule has 1 heterocycles. The minimum atomic E-state index is -1.23. The number of esters is 1. The van der Waals surface area contributed by atoms with Gasteiger partial charge < -0.3 is 25.3 Å². The van der Waals surface area contributed by atoms with Crippen molar-refractivity contribution in [1.82, 2.24) is 10.8 Å². The van der Waals surface area contributed by atoms with E-state index in [-0.39, 0.29) is 19.6 Å². The van der Waals surface area contributed by atoms with Gasteiger partial charge in [-0.3, -0.25) is 20.4 Å². The van der Waals surface area contributed by atoms with Crippen LogP contribution in [0.4, 0.5) is 15.3 Å². The van der Waals surface area contributed by atoms with Gasteiger partial charge in [-0.2, -0.15) is 0 Å². The second-order valence-corrected chi connectivity index (χ2v) is 9.03. The summed E-state index contributed by atoms with van der Waals surface area (Å²) in [5.41, 5.74) is 9.82. The van der Waals surface area contributed by atoms with E-state index in [1.807, 2.05) is 6.92 Å². The monoisotopic (exact) mass is 506 g/mol. The summed E-state index contributed by atoms with van der Waals surface area (Å²) in [6.45, 7) is 7.19. The van der Waals surface area contributed by atoms with Crippen LogP contribution >= 0.6 is 0 Å². The molecule has 36 heavy (non-hydrogen) atoms. The molecular formula is C24H34N4O8. The summed E-state index contributed by atoms with van der Waals surface area (Å²) in [4.78, 5) is 52.7. The number of nitrogens with two attached hydrogens (primary N) is 1. The molecule has 0 aromatic heterocycles. The predicted molar refractivity (Wildman–Crippen MR) is 130 cm³/mol. The predicted octanol–water partition coefficient (Wildman–Crippen LogP) is 2.59. The van der Waals surface area contributed by atoms with Crippen LogP contribution in [0.15, 0.2) is 30.3 Å². The Morgan fingerprint density at radius 1 is 1.17 bits per heavy atom. The molecule has 2 rings (SSSR count).